The van der Waals surface area contributed by atoms with Gasteiger partial charge in [-0.15, -0.1) is 0 Å². The van der Waals surface area contributed by atoms with Crippen molar-refractivity contribution in [1.82, 2.24) is 0 Å². The summed E-state index contributed by atoms with van der Waals surface area (Å²) in [6.07, 6.45) is 119. The number of hydrogen-bond acceptors (Lipinski definition) is 8. The third kappa shape index (κ3) is 77.5. The highest BCUT2D eigenvalue weighted by molar-refractivity contribution is 7.47. The molecule has 0 heterocycles. The van der Waals surface area contributed by atoms with Crippen molar-refractivity contribution in [2.75, 3.05) is 26.4 Å². The number of phosphoric acid groups is 1. The molecule has 95 heavy (non-hydrogen) atoms. The average Bonchev–Trinajstić information content (AvgIpc) is 2.75. The largest absolute Gasteiger partial charge is 0.472 e. The molecule has 0 saturated heterocycles. The van der Waals surface area contributed by atoms with E-state index in [-0.39, 0.29) is 32.6 Å². The topological polar surface area (TPSA) is 134 Å². The lowest BCUT2D eigenvalue weighted by molar-refractivity contribution is -0.161. The normalized spacial score (nSPS) is 14.1. The fourth-order valence-electron chi connectivity index (χ4n) is 9.70. The van der Waals surface area contributed by atoms with Gasteiger partial charge in [0, 0.05) is 19.4 Å². The zero-order chi connectivity index (χ0) is 68.6. The van der Waals surface area contributed by atoms with Gasteiger partial charge >= 0.3 is 19.8 Å². The van der Waals surface area contributed by atoms with Crippen LogP contribution in [-0.2, 0) is 32.7 Å². The van der Waals surface area contributed by atoms with Crippen LogP contribution in [0.15, 0.2) is 207 Å². The number of carbonyl (C=O) groups is 2. The summed E-state index contributed by atoms with van der Waals surface area (Å²) in [5.74, 6) is -0.845. The second-order valence-electron chi connectivity index (χ2n) is 24.0. The molecule has 0 aliphatic carbocycles. The first-order chi connectivity index (χ1) is 46.8. The van der Waals surface area contributed by atoms with Crippen molar-refractivity contribution >= 4 is 19.8 Å². The van der Waals surface area contributed by atoms with Gasteiger partial charge in [-0.1, -0.05) is 330 Å². The number of rotatable bonds is 68. The molecule has 0 amide bonds. The monoisotopic (exact) mass is 1330 g/mol. The Balaban J connectivity index is 3.96. The van der Waals surface area contributed by atoms with E-state index >= 15 is 0 Å². The Labute approximate surface area is 582 Å². The highest BCUT2D eigenvalue weighted by atomic mass is 31.2. The minimum absolute atomic E-state index is 0.0428. The van der Waals surface area contributed by atoms with E-state index in [0.717, 1.165) is 167 Å². The van der Waals surface area contributed by atoms with E-state index in [1.54, 1.807) is 0 Å². The molecular formula is C85H136NO8P. The van der Waals surface area contributed by atoms with Crippen LogP contribution in [0.25, 0.3) is 0 Å². The molecule has 0 aromatic rings. The molecule has 0 spiro atoms. The van der Waals surface area contributed by atoms with E-state index in [1.807, 2.05) is 0 Å². The fraction of sp³-hybridized carbons (Fsp3) is 0.576. The summed E-state index contributed by atoms with van der Waals surface area (Å²) in [5, 5.41) is 0. The number of phosphoric ester groups is 1. The number of esters is 2. The van der Waals surface area contributed by atoms with E-state index in [2.05, 4.69) is 220 Å². The van der Waals surface area contributed by atoms with Gasteiger partial charge in [0.15, 0.2) is 6.10 Å². The van der Waals surface area contributed by atoms with Crippen LogP contribution in [0.3, 0.4) is 0 Å². The molecule has 534 valence electrons. The van der Waals surface area contributed by atoms with Crippen LogP contribution in [0, 0.1) is 0 Å². The number of nitrogens with two attached hydrogens (primary N) is 1. The van der Waals surface area contributed by atoms with Crippen molar-refractivity contribution in [3.05, 3.63) is 207 Å². The molecule has 0 radical (unpaired) electrons. The summed E-state index contributed by atoms with van der Waals surface area (Å²) in [4.78, 5) is 35.4. The number of unbranched alkanes of at least 4 members (excludes halogenated alkanes) is 21. The first-order valence-electron chi connectivity index (χ1n) is 37.6. The molecule has 0 aromatic heterocycles. The second-order valence-corrected chi connectivity index (χ2v) is 25.5. The molecule has 0 bridgehead atoms. The summed E-state index contributed by atoms with van der Waals surface area (Å²) in [6.45, 7) is 3.50. The van der Waals surface area contributed by atoms with Gasteiger partial charge in [0.05, 0.1) is 13.2 Å². The van der Waals surface area contributed by atoms with Gasteiger partial charge < -0.3 is 20.1 Å². The third-order valence-corrected chi connectivity index (χ3v) is 16.1. The molecule has 0 aliphatic heterocycles. The zero-order valence-corrected chi connectivity index (χ0v) is 61.0. The van der Waals surface area contributed by atoms with Crippen LogP contribution in [0.4, 0.5) is 0 Å². The minimum atomic E-state index is -4.41. The molecule has 0 rings (SSSR count). The van der Waals surface area contributed by atoms with Crippen molar-refractivity contribution in [2.45, 2.75) is 290 Å². The second kappa shape index (κ2) is 77.6. The zero-order valence-electron chi connectivity index (χ0n) is 60.1. The Hall–Kier alpha value is -5.41. The summed E-state index contributed by atoms with van der Waals surface area (Å²) < 4.78 is 33.2. The maximum atomic E-state index is 12.8. The van der Waals surface area contributed by atoms with Gasteiger partial charge in [-0.25, -0.2) is 4.57 Å². The van der Waals surface area contributed by atoms with Gasteiger partial charge in [0.2, 0.25) is 0 Å². The quantitative estimate of drug-likeness (QED) is 0.0264. The maximum Gasteiger partial charge on any atom is 0.472 e. The average molecular weight is 1330 g/mol. The van der Waals surface area contributed by atoms with Crippen molar-refractivity contribution in [3.63, 3.8) is 0 Å². The summed E-state index contributed by atoms with van der Waals surface area (Å²) in [6, 6.07) is 0. The maximum absolute atomic E-state index is 12.8. The number of ether oxygens (including phenoxy) is 2. The molecule has 0 aromatic carbocycles. The lowest BCUT2D eigenvalue weighted by atomic mass is 10.0. The SMILES string of the molecule is CC/C=C\C/C=C\C/C=C\C/C=C\C/C=C\C/C=C\C/C=C\C/C=C\C/C=C\C/C=C\CCCCCCCCCCCCC(=O)OC(COC(=O)CCCCCCCCCCCCC/C=C\C/C=C\C/C=C\C/C=C\C/C=C\C/C=C\C/C=C\CC)COP(=O)(O)OCCN. The van der Waals surface area contributed by atoms with Crippen LogP contribution in [-0.4, -0.2) is 49.3 Å². The lowest BCUT2D eigenvalue weighted by Crippen LogP contribution is -2.29. The van der Waals surface area contributed by atoms with Gasteiger partial charge in [0.1, 0.15) is 6.61 Å². The molecule has 10 heteroatoms. The standard InChI is InChI=1S/C85H136NO8P/c1-3-5-7-9-11-13-15-17-19-21-23-25-27-29-31-33-35-37-38-39-40-41-42-43-44-46-48-50-52-54-56-58-60-62-64-66-68-70-72-74-76-78-85(88)94-83(82-93-95(89,90)92-80-79-86)81-91-84(87)77-75-73-71-69-67-65-63-61-59-57-55-53-51-49-47-45-36-34-32-30-28-26-24-22-20-18-16-14-12-10-8-6-4-2/h5-8,11-14,17-20,23-26,29-32,35-37,39-40,42-43,45-46,48-49,51-52,54,83H,3-4,9-10,15-16,21-22,27-28,33-34,38,41,44,47,50,53,55-82,86H2,1-2H3,(H,89,90)/b7-5-,8-6-,13-11-,14-12-,19-17-,20-18-,25-23-,26-24-,31-29-,32-30-,37-35-,40-39-,43-42-,45-36-,48-46-,51-49-,54-52-. The van der Waals surface area contributed by atoms with Gasteiger partial charge in [-0.05, 0) is 148 Å². The van der Waals surface area contributed by atoms with E-state index < -0.39 is 32.5 Å². The van der Waals surface area contributed by atoms with E-state index in [1.165, 1.54) is 83.5 Å². The molecule has 0 saturated carbocycles. The van der Waals surface area contributed by atoms with Crippen molar-refractivity contribution in [1.29, 1.82) is 0 Å². The Kier molecular flexibility index (Phi) is 73.2. The van der Waals surface area contributed by atoms with Gasteiger partial charge in [-0.2, -0.15) is 0 Å². The predicted octanol–water partition coefficient (Wildman–Crippen LogP) is 25.4. The molecule has 2 atom stereocenters. The van der Waals surface area contributed by atoms with Crippen LogP contribution in [0.2, 0.25) is 0 Å². The minimum Gasteiger partial charge on any atom is -0.462 e. The smallest absolute Gasteiger partial charge is 0.462 e. The van der Waals surface area contributed by atoms with Crippen LogP contribution < -0.4 is 5.73 Å². The Morgan fingerprint density at radius 1 is 0.316 bits per heavy atom. The van der Waals surface area contributed by atoms with E-state index in [9.17, 15) is 19.0 Å². The first-order valence-corrected chi connectivity index (χ1v) is 39.1. The Morgan fingerprint density at radius 2 is 0.547 bits per heavy atom. The van der Waals surface area contributed by atoms with E-state index in [4.69, 9.17) is 24.3 Å². The van der Waals surface area contributed by atoms with Gasteiger partial charge in [-0.3, -0.25) is 18.6 Å². The van der Waals surface area contributed by atoms with Crippen molar-refractivity contribution in [3.8, 4) is 0 Å². The molecule has 9 nitrogen and oxygen atoms in total. The fourth-order valence-corrected chi connectivity index (χ4v) is 10.5. The number of hydrogen-bond donors (Lipinski definition) is 2. The highest BCUT2D eigenvalue weighted by Gasteiger charge is 2.26. The van der Waals surface area contributed by atoms with Crippen LogP contribution in [0.5, 0.6) is 0 Å². The Bertz CT molecular complexity index is 2320. The first kappa shape index (κ1) is 89.6. The molecule has 0 aliphatic rings. The molecule has 2 unspecified atom stereocenters. The van der Waals surface area contributed by atoms with Crippen LogP contribution in [0.1, 0.15) is 284 Å². The van der Waals surface area contributed by atoms with Crippen molar-refractivity contribution in [2.24, 2.45) is 5.73 Å². The number of carbonyl (C=O) groups excluding carboxylic acids is 2. The summed E-state index contributed by atoms with van der Waals surface area (Å²) >= 11 is 0. The third-order valence-electron chi connectivity index (χ3n) is 15.2. The summed E-state index contributed by atoms with van der Waals surface area (Å²) in [5.41, 5.74) is 5.41. The predicted molar refractivity (Wildman–Crippen MR) is 412 cm³/mol. The molecule has 3 N–H and O–H groups in total. The van der Waals surface area contributed by atoms with Crippen molar-refractivity contribution < 1.29 is 37.6 Å². The Morgan fingerprint density at radius 3 is 0.811 bits per heavy atom. The molecular weight excluding hydrogens is 1190 g/mol. The van der Waals surface area contributed by atoms with Gasteiger partial charge in [0.25, 0.3) is 0 Å². The highest BCUT2D eigenvalue weighted by Crippen LogP contribution is 2.43. The number of allylic oxidation sites excluding steroid dienone is 34. The van der Waals surface area contributed by atoms with E-state index in [0.29, 0.717) is 6.42 Å². The lowest BCUT2D eigenvalue weighted by Gasteiger charge is -2.19. The molecule has 0 fully saturated rings. The summed E-state index contributed by atoms with van der Waals surface area (Å²) in [7, 11) is -4.41. The van der Waals surface area contributed by atoms with Crippen LogP contribution >= 0.6 is 7.82 Å².